The summed E-state index contributed by atoms with van der Waals surface area (Å²) in [4.78, 5) is 25.7. The Balaban J connectivity index is 1.83. The Labute approximate surface area is 124 Å². The van der Waals surface area contributed by atoms with Crippen LogP contribution in [0.15, 0.2) is 0 Å². The molecule has 2 aliphatic heterocycles. The molecule has 3 rings (SSSR count). The Morgan fingerprint density at radius 1 is 1.10 bits per heavy atom. The first-order valence-electron chi connectivity index (χ1n) is 7.64. The molecule has 0 spiro atoms. The van der Waals surface area contributed by atoms with Crippen molar-refractivity contribution in [1.29, 1.82) is 0 Å². The van der Waals surface area contributed by atoms with E-state index >= 15 is 0 Å². The van der Waals surface area contributed by atoms with Gasteiger partial charge in [0.15, 0.2) is 9.84 Å². The molecule has 3 aliphatic rings. The van der Waals surface area contributed by atoms with Gasteiger partial charge < -0.3 is 10.0 Å². The van der Waals surface area contributed by atoms with Crippen LogP contribution in [0.4, 0.5) is 0 Å². The number of carboxylic acids is 1. The molecule has 1 amide bonds. The standard InChI is InChI=1S/C14H21NO5S/c16-13(10-5-6-21(19,20)8-10)15-11-4-2-1-3-9(11)7-12(15)14(17)18/h9-12H,1-8H2,(H,17,18). The van der Waals surface area contributed by atoms with Gasteiger partial charge in [0.1, 0.15) is 6.04 Å². The number of rotatable bonds is 2. The zero-order chi connectivity index (χ0) is 15.2. The zero-order valence-corrected chi connectivity index (χ0v) is 12.7. The van der Waals surface area contributed by atoms with E-state index in [0.717, 1.165) is 25.7 Å². The van der Waals surface area contributed by atoms with Crippen LogP contribution in [0.25, 0.3) is 0 Å². The lowest BCUT2D eigenvalue weighted by Gasteiger charge is -2.34. The summed E-state index contributed by atoms with van der Waals surface area (Å²) in [5.74, 6) is -1.56. The highest BCUT2D eigenvalue weighted by atomic mass is 32.2. The molecule has 21 heavy (non-hydrogen) atoms. The van der Waals surface area contributed by atoms with E-state index in [0.29, 0.717) is 12.8 Å². The van der Waals surface area contributed by atoms with Crippen LogP contribution in [-0.4, -0.2) is 53.9 Å². The molecule has 3 fully saturated rings. The van der Waals surface area contributed by atoms with E-state index in [1.54, 1.807) is 0 Å². The van der Waals surface area contributed by atoms with Gasteiger partial charge in [0, 0.05) is 6.04 Å². The Bertz CT molecular complexity index is 558. The molecule has 0 aromatic heterocycles. The van der Waals surface area contributed by atoms with Crippen molar-refractivity contribution < 1.29 is 23.1 Å². The average Bonchev–Trinajstić information content (AvgIpc) is 2.98. The predicted molar refractivity (Wildman–Crippen MR) is 75.4 cm³/mol. The minimum Gasteiger partial charge on any atom is -0.480 e. The van der Waals surface area contributed by atoms with E-state index in [-0.39, 0.29) is 29.4 Å². The molecule has 1 aliphatic carbocycles. The van der Waals surface area contributed by atoms with Crippen molar-refractivity contribution in [3.05, 3.63) is 0 Å². The first-order chi connectivity index (χ1) is 9.89. The number of hydrogen-bond acceptors (Lipinski definition) is 4. The van der Waals surface area contributed by atoms with Gasteiger partial charge in [0.25, 0.3) is 0 Å². The summed E-state index contributed by atoms with van der Waals surface area (Å²) < 4.78 is 23.1. The maximum atomic E-state index is 12.7. The van der Waals surface area contributed by atoms with Crippen molar-refractivity contribution in [2.45, 2.75) is 50.6 Å². The van der Waals surface area contributed by atoms with Gasteiger partial charge in [-0.25, -0.2) is 13.2 Å². The first kappa shape index (κ1) is 14.8. The van der Waals surface area contributed by atoms with Gasteiger partial charge in [0.2, 0.25) is 5.91 Å². The largest absolute Gasteiger partial charge is 0.480 e. The third kappa shape index (κ3) is 2.67. The lowest BCUT2D eigenvalue weighted by Crippen LogP contribution is -2.48. The summed E-state index contributed by atoms with van der Waals surface area (Å²) in [6, 6.07) is -0.774. The second-order valence-electron chi connectivity index (χ2n) is 6.55. The van der Waals surface area contributed by atoms with Crippen LogP contribution >= 0.6 is 0 Å². The summed E-state index contributed by atoms with van der Waals surface area (Å²) in [5, 5.41) is 9.41. The van der Waals surface area contributed by atoms with Crippen molar-refractivity contribution in [3.63, 3.8) is 0 Å². The minimum absolute atomic E-state index is 0.00402. The molecule has 0 aromatic carbocycles. The van der Waals surface area contributed by atoms with Gasteiger partial charge >= 0.3 is 5.97 Å². The number of carbonyl (C=O) groups excluding carboxylic acids is 1. The van der Waals surface area contributed by atoms with Crippen LogP contribution < -0.4 is 0 Å². The molecule has 0 radical (unpaired) electrons. The van der Waals surface area contributed by atoms with Crippen molar-refractivity contribution in [2.75, 3.05) is 11.5 Å². The SMILES string of the molecule is O=C(O)C1CC2CCCCC2N1C(=O)C1CCS(=O)(=O)C1. The number of hydrogen-bond donors (Lipinski definition) is 1. The fourth-order valence-corrected chi connectivity index (χ4v) is 5.93. The van der Waals surface area contributed by atoms with Crippen LogP contribution in [0.2, 0.25) is 0 Å². The number of aliphatic carboxylic acids is 1. The lowest BCUT2D eigenvalue weighted by molar-refractivity contribution is -0.151. The molecule has 4 atom stereocenters. The fourth-order valence-electron chi connectivity index (χ4n) is 4.20. The molecule has 0 bridgehead atoms. The number of nitrogens with zero attached hydrogens (tertiary/aromatic N) is 1. The Morgan fingerprint density at radius 3 is 2.43 bits per heavy atom. The molecule has 1 saturated carbocycles. The van der Waals surface area contributed by atoms with E-state index in [9.17, 15) is 23.1 Å². The quantitative estimate of drug-likeness (QED) is 0.808. The third-order valence-corrected chi connectivity index (χ3v) is 6.98. The highest BCUT2D eigenvalue weighted by molar-refractivity contribution is 7.91. The minimum atomic E-state index is -3.13. The molecule has 2 saturated heterocycles. The second kappa shape index (κ2) is 5.26. The normalized spacial score (nSPS) is 38.2. The van der Waals surface area contributed by atoms with Crippen LogP contribution in [0.1, 0.15) is 38.5 Å². The van der Waals surface area contributed by atoms with Gasteiger partial charge in [-0.3, -0.25) is 4.79 Å². The van der Waals surface area contributed by atoms with E-state index in [2.05, 4.69) is 0 Å². The Hall–Kier alpha value is -1.11. The first-order valence-corrected chi connectivity index (χ1v) is 9.46. The number of carboxylic acid groups (broad SMARTS) is 1. The maximum Gasteiger partial charge on any atom is 0.326 e. The van der Waals surface area contributed by atoms with Gasteiger partial charge in [-0.05, 0) is 31.6 Å². The molecule has 0 aromatic rings. The van der Waals surface area contributed by atoms with Gasteiger partial charge in [0.05, 0.1) is 17.4 Å². The molecular formula is C14H21NO5S. The summed E-state index contributed by atoms with van der Waals surface area (Å²) in [6.45, 7) is 0. The molecule has 1 N–H and O–H groups in total. The van der Waals surface area contributed by atoms with Crippen molar-refractivity contribution in [1.82, 2.24) is 4.90 Å². The third-order valence-electron chi connectivity index (χ3n) is 5.21. The van der Waals surface area contributed by atoms with Crippen LogP contribution in [-0.2, 0) is 19.4 Å². The highest BCUT2D eigenvalue weighted by Gasteiger charge is 2.50. The smallest absolute Gasteiger partial charge is 0.326 e. The topological polar surface area (TPSA) is 91.8 Å². The van der Waals surface area contributed by atoms with E-state index in [1.807, 2.05) is 0 Å². The molecule has 7 heteroatoms. The molecule has 118 valence electrons. The summed E-state index contributed by atoms with van der Waals surface area (Å²) in [5.41, 5.74) is 0. The summed E-state index contributed by atoms with van der Waals surface area (Å²) >= 11 is 0. The maximum absolute atomic E-state index is 12.7. The number of sulfone groups is 1. The Kier molecular flexibility index (Phi) is 3.71. The van der Waals surface area contributed by atoms with Gasteiger partial charge in [-0.2, -0.15) is 0 Å². The van der Waals surface area contributed by atoms with Crippen molar-refractivity contribution in [2.24, 2.45) is 11.8 Å². The molecule has 6 nitrogen and oxygen atoms in total. The summed E-state index contributed by atoms with van der Waals surface area (Å²) in [6.07, 6.45) is 4.78. The molecular weight excluding hydrogens is 294 g/mol. The average molecular weight is 315 g/mol. The van der Waals surface area contributed by atoms with E-state index < -0.39 is 27.8 Å². The van der Waals surface area contributed by atoms with E-state index in [1.165, 1.54) is 4.90 Å². The number of fused-ring (bicyclic) bond motifs is 1. The number of amides is 1. The highest BCUT2D eigenvalue weighted by Crippen LogP contribution is 2.41. The molecule has 2 heterocycles. The van der Waals surface area contributed by atoms with Crippen molar-refractivity contribution >= 4 is 21.7 Å². The van der Waals surface area contributed by atoms with Crippen LogP contribution in [0.5, 0.6) is 0 Å². The van der Waals surface area contributed by atoms with Crippen molar-refractivity contribution in [3.8, 4) is 0 Å². The monoisotopic (exact) mass is 315 g/mol. The second-order valence-corrected chi connectivity index (χ2v) is 8.78. The summed E-state index contributed by atoms with van der Waals surface area (Å²) in [7, 11) is -3.13. The Morgan fingerprint density at radius 2 is 1.81 bits per heavy atom. The predicted octanol–water partition coefficient (Wildman–Crippen LogP) is 0.665. The lowest BCUT2D eigenvalue weighted by atomic mass is 9.84. The zero-order valence-electron chi connectivity index (χ0n) is 11.9. The molecule has 4 unspecified atom stereocenters. The van der Waals surface area contributed by atoms with Crippen LogP contribution in [0, 0.1) is 11.8 Å². The number of likely N-dealkylation sites (tertiary alicyclic amines) is 1. The van der Waals surface area contributed by atoms with Crippen LogP contribution in [0.3, 0.4) is 0 Å². The number of carbonyl (C=O) groups is 2. The fraction of sp³-hybridized carbons (Fsp3) is 0.857. The van der Waals surface area contributed by atoms with Gasteiger partial charge in [-0.15, -0.1) is 0 Å². The van der Waals surface area contributed by atoms with E-state index in [4.69, 9.17) is 0 Å². The van der Waals surface area contributed by atoms with Gasteiger partial charge in [-0.1, -0.05) is 12.8 Å².